The number of carbonyl (C=O) groups excluding carboxylic acids is 1. The summed E-state index contributed by atoms with van der Waals surface area (Å²) in [6, 6.07) is 7.38. The molecule has 0 aliphatic carbocycles. The number of piperidine rings is 3. The van der Waals surface area contributed by atoms with E-state index in [4.69, 9.17) is 11.6 Å². The quantitative estimate of drug-likeness (QED) is 0.903. The van der Waals surface area contributed by atoms with Crippen LogP contribution in [0.25, 0.3) is 0 Å². The number of fused-ring (bicyclic) bond motifs is 3. The average molecular weight is 319 g/mol. The number of hydrogen-bond donors (Lipinski definition) is 1. The second-order valence-corrected chi connectivity index (χ2v) is 5.66. The van der Waals surface area contributed by atoms with E-state index in [0.29, 0.717) is 22.5 Å². The molecular formula is C14H20Cl2N2O2. The minimum absolute atomic E-state index is 0. The van der Waals surface area contributed by atoms with Crippen molar-refractivity contribution in [2.24, 2.45) is 5.92 Å². The van der Waals surface area contributed by atoms with Gasteiger partial charge in [-0.15, -0.1) is 12.4 Å². The maximum atomic E-state index is 12.1. The Morgan fingerprint density at radius 2 is 1.80 bits per heavy atom. The molecule has 1 amide bonds. The molecule has 3 fully saturated rings. The van der Waals surface area contributed by atoms with E-state index >= 15 is 0 Å². The van der Waals surface area contributed by atoms with E-state index in [1.807, 2.05) is 0 Å². The number of nitrogens with zero attached hydrogens (tertiary/aromatic N) is 1. The standard InChI is InChI=1S/C14H17ClN2O.ClH.H2O/c15-12-3-1-11(2-4-12)14(18)16-13-9-17-7-5-10(13)6-8-17;;/h1-4,10,13H,5-9H2,(H,16,18);1H;1H2/t13-;;/m0../s1. The first kappa shape index (κ1) is 17.2. The molecule has 3 heterocycles. The molecule has 2 bridgehead atoms. The summed E-state index contributed by atoms with van der Waals surface area (Å²) in [5.74, 6) is 0.677. The summed E-state index contributed by atoms with van der Waals surface area (Å²) in [7, 11) is 0. The first-order chi connectivity index (χ1) is 8.72. The Hall–Kier alpha value is -0.810. The van der Waals surface area contributed by atoms with Gasteiger partial charge in [0.1, 0.15) is 0 Å². The van der Waals surface area contributed by atoms with Gasteiger partial charge in [-0.05, 0) is 56.1 Å². The molecule has 3 saturated heterocycles. The van der Waals surface area contributed by atoms with E-state index in [9.17, 15) is 4.79 Å². The van der Waals surface area contributed by atoms with Gasteiger partial charge in [-0.1, -0.05) is 11.6 Å². The van der Waals surface area contributed by atoms with Crippen molar-refractivity contribution >= 4 is 29.9 Å². The van der Waals surface area contributed by atoms with E-state index in [2.05, 4.69) is 10.2 Å². The second kappa shape index (κ2) is 7.27. The van der Waals surface area contributed by atoms with Gasteiger partial charge in [0.05, 0.1) is 0 Å². The molecule has 3 N–H and O–H groups in total. The van der Waals surface area contributed by atoms with Crippen molar-refractivity contribution in [3.05, 3.63) is 34.9 Å². The van der Waals surface area contributed by atoms with Crippen molar-refractivity contribution in [3.8, 4) is 0 Å². The lowest BCUT2D eigenvalue weighted by Crippen LogP contribution is -2.57. The van der Waals surface area contributed by atoms with Gasteiger partial charge in [0.2, 0.25) is 0 Å². The predicted molar refractivity (Wildman–Crippen MR) is 82.7 cm³/mol. The number of benzene rings is 1. The summed E-state index contributed by atoms with van der Waals surface area (Å²) < 4.78 is 0. The second-order valence-electron chi connectivity index (χ2n) is 5.22. The zero-order chi connectivity index (χ0) is 12.5. The van der Waals surface area contributed by atoms with Gasteiger partial charge in [-0.25, -0.2) is 0 Å². The SMILES string of the molecule is Cl.O.O=C(N[C@H]1CN2CCC1CC2)c1ccc(Cl)cc1. The molecule has 1 aromatic rings. The van der Waals surface area contributed by atoms with E-state index in [1.165, 1.54) is 25.9 Å². The van der Waals surface area contributed by atoms with Gasteiger partial charge in [-0.2, -0.15) is 0 Å². The Morgan fingerprint density at radius 1 is 1.20 bits per heavy atom. The van der Waals surface area contributed by atoms with Crippen LogP contribution in [0, 0.1) is 5.92 Å². The van der Waals surface area contributed by atoms with Crippen LogP contribution >= 0.6 is 24.0 Å². The Bertz CT molecular complexity index is 445. The van der Waals surface area contributed by atoms with Crippen LogP contribution in [0.4, 0.5) is 0 Å². The number of halogens is 2. The fraction of sp³-hybridized carbons (Fsp3) is 0.500. The molecule has 1 atom stereocenters. The summed E-state index contributed by atoms with van der Waals surface area (Å²) in [6.07, 6.45) is 2.43. The molecule has 3 aliphatic rings. The molecule has 20 heavy (non-hydrogen) atoms. The fourth-order valence-corrected chi connectivity index (χ4v) is 3.11. The Balaban J connectivity index is 0.000001000. The number of hydrogen-bond acceptors (Lipinski definition) is 2. The van der Waals surface area contributed by atoms with Crippen LogP contribution in [-0.2, 0) is 0 Å². The van der Waals surface area contributed by atoms with Gasteiger partial charge in [-0.3, -0.25) is 4.79 Å². The summed E-state index contributed by atoms with van der Waals surface area (Å²) in [5.41, 5.74) is 0.691. The topological polar surface area (TPSA) is 63.8 Å². The molecule has 112 valence electrons. The van der Waals surface area contributed by atoms with Crippen molar-refractivity contribution in [3.63, 3.8) is 0 Å². The molecule has 0 aromatic heterocycles. The number of nitrogens with one attached hydrogen (secondary N) is 1. The van der Waals surface area contributed by atoms with Crippen LogP contribution < -0.4 is 5.32 Å². The molecule has 4 nitrogen and oxygen atoms in total. The van der Waals surface area contributed by atoms with E-state index in [-0.39, 0.29) is 23.8 Å². The first-order valence-corrected chi connectivity index (χ1v) is 6.89. The number of rotatable bonds is 2. The highest BCUT2D eigenvalue weighted by Gasteiger charge is 2.34. The number of amides is 1. The van der Waals surface area contributed by atoms with Crippen LogP contribution in [0.15, 0.2) is 24.3 Å². The van der Waals surface area contributed by atoms with E-state index < -0.39 is 0 Å². The smallest absolute Gasteiger partial charge is 0.251 e. The van der Waals surface area contributed by atoms with Gasteiger partial charge in [0, 0.05) is 23.2 Å². The molecular weight excluding hydrogens is 299 g/mol. The van der Waals surface area contributed by atoms with E-state index in [1.54, 1.807) is 24.3 Å². The molecule has 1 aromatic carbocycles. The zero-order valence-corrected chi connectivity index (χ0v) is 12.7. The average Bonchev–Trinajstić information content (AvgIpc) is 2.41. The van der Waals surface area contributed by atoms with Crippen LogP contribution in [-0.4, -0.2) is 42.0 Å². The monoisotopic (exact) mass is 318 g/mol. The molecule has 3 aliphatic heterocycles. The Labute approximate surface area is 130 Å². The lowest BCUT2D eigenvalue weighted by Gasteiger charge is -2.44. The maximum Gasteiger partial charge on any atom is 0.251 e. The highest BCUT2D eigenvalue weighted by atomic mass is 35.5. The number of carbonyl (C=O) groups is 1. The summed E-state index contributed by atoms with van der Waals surface area (Å²) in [4.78, 5) is 14.6. The van der Waals surface area contributed by atoms with Crippen molar-refractivity contribution in [1.29, 1.82) is 0 Å². The molecule has 0 spiro atoms. The fourth-order valence-electron chi connectivity index (χ4n) is 2.98. The summed E-state index contributed by atoms with van der Waals surface area (Å²) in [5, 5.41) is 3.82. The van der Waals surface area contributed by atoms with Gasteiger partial charge in [0.25, 0.3) is 5.91 Å². The van der Waals surface area contributed by atoms with Gasteiger partial charge < -0.3 is 15.7 Å². The third-order valence-corrected chi connectivity index (χ3v) is 4.33. The zero-order valence-electron chi connectivity index (χ0n) is 11.1. The largest absolute Gasteiger partial charge is 0.412 e. The van der Waals surface area contributed by atoms with Gasteiger partial charge >= 0.3 is 0 Å². The van der Waals surface area contributed by atoms with E-state index in [0.717, 1.165) is 6.54 Å². The predicted octanol–water partition coefficient (Wildman–Crippen LogP) is 1.76. The Kier molecular flexibility index (Phi) is 6.27. The van der Waals surface area contributed by atoms with Crippen LogP contribution in [0.1, 0.15) is 23.2 Å². The lowest BCUT2D eigenvalue weighted by atomic mass is 9.84. The summed E-state index contributed by atoms with van der Waals surface area (Å²) in [6.45, 7) is 3.39. The van der Waals surface area contributed by atoms with Crippen molar-refractivity contribution in [2.75, 3.05) is 19.6 Å². The molecule has 6 heteroatoms. The van der Waals surface area contributed by atoms with Crippen molar-refractivity contribution in [1.82, 2.24) is 10.2 Å². The highest BCUT2D eigenvalue weighted by molar-refractivity contribution is 6.30. The maximum absolute atomic E-state index is 12.1. The minimum atomic E-state index is 0. The normalized spacial score (nSPS) is 27.1. The van der Waals surface area contributed by atoms with Gasteiger partial charge in [0.15, 0.2) is 0 Å². The summed E-state index contributed by atoms with van der Waals surface area (Å²) >= 11 is 5.82. The van der Waals surface area contributed by atoms with Crippen LogP contribution in [0.2, 0.25) is 5.02 Å². The molecule has 0 unspecified atom stereocenters. The minimum Gasteiger partial charge on any atom is -0.412 e. The first-order valence-electron chi connectivity index (χ1n) is 6.51. The lowest BCUT2D eigenvalue weighted by molar-refractivity contribution is 0.0620. The van der Waals surface area contributed by atoms with Crippen molar-refractivity contribution in [2.45, 2.75) is 18.9 Å². The molecule has 0 saturated carbocycles. The molecule has 4 rings (SSSR count). The third kappa shape index (κ3) is 3.64. The van der Waals surface area contributed by atoms with Crippen LogP contribution in [0.5, 0.6) is 0 Å². The Morgan fingerprint density at radius 3 is 2.30 bits per heavy atom. The van der Waals surface area contributed by atoms with Crippen LogP contribution in [0.3, 0.4) is 0 Å². The highest BCUT2D eigenvalue weighted by Crippen LogP contribution is 2.27. The van der Waals surface area contributed by atoms with Crippen molar-refractivity contribution < 1.29 is 10.3 Å². The molecule has 0 radical (unpaired) electrons. The third-order valence-electron chi connectivity index (χ3n) is 4.08.